The molecule has 0 N–H and O–H groups in total. The molecule has 1 heterocycles. The van der Waals surface area contributed by atoms with Gasteiger partial charge < -0.3 is 39.8 Å². The van der Waals surface area contributed by atoms with Crippen molar-refractivity contribution in [2.45, 2.75) is 57.0 Å². The van der Waals surface area contributed by atoms with Gasteiger partial charge in [0.2, 0.25) is 0 Å². The lowest BCUT2D eigenvalue weighted by Gasteiger charge is -2.37. The van der Waals surface area contributed by atoms with Gasteiger partial charge in [0.25, 0.3) is 0 Å². The molecule has 0 aliphatic rings. The predicted molar refractivity (Wildman–Crippen MR) is 148 cm³/mol. The van der Waals surface area contributed by atoms with Gasteiger partial charge in [0.15, 0.2) is 0 Å². The molecule has 0 aliphatic heterocycles. The molecule has 0 bridgehead atoms. The van der Waals surface area contributed by atoms with Gasteiger partial charge in [0.1, 0.15) is 17.0 Å². The van der Waals surface area contributed by atoms with Crippen molar-refractivity contribution in [1.29, 1.82) is 0 Å². The first-order valence-electron chi connectivity index (χ1n) is 12.5. The largest absolute Gasteiger partial charge is 0.524 e. The summed E-state index contributed by atoms with van der Waals surface area (Å²) in [4.78, 5) is 42.8. The van der Waals surface area contributed by atoms with Gasteiger partial charge in [-0.1, -0.05) is 20.8 Å². The van der Waals surface area contributed by atoms with Crippen molar-refractivity contribution in [1.82, 2.24) is 13.7 Å². The molecule has 0 fully saturated rings. The van der Waals surface area contributed by atoms with Crippen LogP contribution in [0.2, 0.25) is 0 Å². The molecule has 0 saturated heterocycles. The summed E-state index contributed by atoms with van der Waals surface area (Å²) in [5.41, 5.74) is -5.75. The maximum absolute atomic E-state index is 14.3. The zero-order chi connectivity index (χ0) is 30.2. The first-order chi connectivity index (χ1) is 18.5. The number of nitrogens with zero attached hydrogens (tertiary/aromatic N) is 3. The van der Waals surface area contributed by atoms with E-state index >= 15 is 0 Å². The second kappa shape index (κ2) is 15.1. The Balaban J connectivity index is 4.56. The Bertz CT molecular complexity index is 894. The molecule has 0 amide bonds. The molecular formula is C21H45N3O12Si3. The molecule has 0 aromatic carbocycles. The van der Waals surface area contributed by atoms with Crippen molar-refractivity contribution in [3.05, 3.63) is 31.5 Å². The summed E-state index contributed by atoms with van der Waals surface area (Å²) in [6.45, 7) is 5.25. The summed E-state index contributed by atoms with van der Waals surface area (Å²) < 4.78 is 53.8. The van der Waals surface area contributed by atoms with Crippen LogP contribution in [0.15, 0.2) is 14.4 Å². The standard InChI is InChI=1S/C21H45N3O12Si3/c1-13-16(37(28-4,29-5)30-6)22-19(25)23(17(14-2)38(31-7,32-8)33-9)21(27)24(20(22)26)18(15-3)39(34-10,35-11)36-12/h16-18H,13-15H2,1-12H3. The molecular weight excluding hydrogens is 570 g/mol. The Morgan fingerprint density at radius 1 is 0.436 bits per heavy atom. The summed E-state index contributed by atoms with van der Waals surface area (Å²) in [5.74, 6) is 0. The van der Waals surface area contributed by atoms with Gasteiger partial charge >= 0.3 is 43.5 Å². The van der Waals surface area contributed by atoms with E-state index in [-0.39, 0.29) is 19.3 Å². The van der Waals surface area contributed by atoms with Crippen LogP contribution in [0, 0.1) is 0 Å². The molecule has 3 atom stereocenters. The molecule has 0 radical (unpaired) electrons. The lowest BCUT2D eigenvalue weighted by atomic mass is 10.4. The second-order valence-corrected chi connectivity index (χ2v) is 17.7. The van der Waals surface area contributed by atoms with Crippen LogP contribution in [0.4, 0.5) is 0 Å². The highest BCUT2D eigenvalue weighted by Crippen LogP contribution is 2.29. The fourth-order valence-electron chi connectivity index (χ4n) is 5.14. The Labute approximate surface area is 232 Å². The van der Waals surface area contributed by atoms with E-state index in [1.165, 1.54) is 64.0 Å². The molecule has 1 aromatic heterocycles. The van der Waals surface area contributed by atoms with Crippen LogP contribution < -0.4 is 17.1 Å². The van der Waals surface area contributed by atoms with E-state index in [1.54, 1.807) is 20.8 Å². The molecule has 15 nitrogen and oxygen atoms in total. The van der Waals surface area contributed by atoms with Crippen LogP contribution in [0.3, 0.4) is 0 Å². The van der Waals surface area contributed by atoms with Crippen molar-refractivity contribution in [2.75, 3.05) is 64.0 Å². The highest BCUT2D eigenvalue weighted by Gasteiger charge is 2.55. The zero-order valence-corrected chi connectivity index (χ0v) is 28.1. The van der Waals surface area contributed by atoms with Crippen LogP contribution >= 0.6 is 0 Å². The minimum atomic E-state index is -3.68. The monoisotopic (exact) mass is 615 g/mol. The van der Waals surface area contributed by atoms with Crippen molar-refractivity contribution in [3.63, 3.8) is 0 Å². The van der Waals surface area contributed by atoms with Crippen LogP contribution in [0.1, 0.15) is 57.0 Å². The van der Waals surface area contributed by atoms with Gasteiger partial charge in [0, 0.05) is 64.0 Å². The SMILES string of the molecule is CCC(n1c(=O)n(C(CC)[Si](OC)(OC)OC)c(=O)n(C(CC)[Si](OC)(OC)OC)c1=O)[Si](OC)(OC)OC. The quantitative estimate of drug-likeness (QED) is 0.209. The van der Waals surface area contributed by atoms with Gasteiger partial charge in [-0.2, -0.15) is 0 Å². The van der Waals surface area contributed by atoms with Gasteiger partial charge in [0.05, 0.1) is 0 Å². The first-order valence-corrected chi connectivity index (χ1v) is 17.9. The molecule has 0 saturated carbocycles. The molecule has 1 rings (SSSR count). The van der Waals surface area contributed by atoms with Gasteiger partial charge in [-0.25, -0.2) is 28.1 Å². The summed E-state index contributed by atoms with van der Waals surface area (Å²) in [6.07, 6.45) is 0.600. The summed E-state index contributed by atoms with van der Waals surface area (Å²) in [6, 6.07) is 0. The summed E-state index contributed by atoms with van der Waals surface area (Å²) in [5, 5.41) is 0. The van der Waals surface area contributed by atoms with E-state index in [4.69, 9.17) is 39.8 Å². The smallest absolute Gasteiger partial charge is 0.376 e. The topological polar surface area (TPSA) is 149 Å². The molecule has 39 heavy (non-hydrogen) atoms. The summed E-state index contributed by atoms with van der Waals surface area (Å²) in [7, 11) is 1.37. The van der Waals surface area contributed by atoms with E-state index in [2.05, 4.69) is 0 Å². The van der Waals surface area contributed by atoms with Crippen LogP contribution in [-0.2, 0) is 39.8 Å². The lowest BCUT2D eigenvalue weighted by molar-refractivity contribution is 0.0878. The minimum absolute atomic E-state index is 0.200. The third kappa shape index (κ3) is 6.02. The minimum Gasteiger partial charge on any atom is -0.376 e. The first kappa shape index (κ1) is 35.7. The van der Waals surface area contributed by atoms with Gasteiger partial charge in [-0.15, -0.1) is 0 Å². The van der Waals surface area contributed by atoms with E-state index < -0.39 is 60.5 Å². The third-order valence-corrected chi connectivity index (χ3v) is 16.7. The Morgan fingerprint density at radius 2 is 0.590 bits per heavy atom. The highest BCUT2D eigenvalue weighted by molar-refractivity contribution is 6.62. The number of aromatic nitrogens is 3. The molecule has 0 aliphatic carbocycles. The molecule has 1 aromatic rings. The Kier molecular flexibility index (Phi) is 13.8. The molecule has 3 unspecified atom stereocenters. The number of hydrogen-bond donors (Lipinski definition) is 0. The third-order valence-electron chi connectivity index (χ3n) is 7.12. The van der Waals surface area contributed by atoms with Crippen LogP contribution in [0.5, 0.6) is 0 Å². The average Bonchev–Trinajstić information content (AvgIpc) is 2.97. The molecule has 0 spiro atoms. The maximum Gasteiger partial charge on any atom is 0.524 e. The fraction of sp³-hybridized carbons (Fsp3) is 0.857. The summed E-state index contributed by atoms with van der Waals surface area (Å²) >= 11 is 0. The van der Waals surface area contributed by atoms with Crippen molar-refractivity contribution < 1.29 is 39.8 Å². The van der Waals surface area contributed by atoms with Crippen molar-refractivity contribution in [3.8, 4) is 0 Å². The van der Waals surface area contributed by atoms with Crippen LogP contribution in [0.25, 0.3) is 0 Å². The van der Waals surface area contributed by atoms with Crippen molar-refractivity contribution in [2.24, 2.45) is 0 Å². The van der Waals surface area contributed by atoms with E-state index in [0.717, 1.165) is 13.7 Å². The number of rotatable bonds is 18. The van der Waals surface area contributed by atoms with Gasteiger partial charge in [-0.05, 0) is 19.3 Å². The van der Waals surface area contributed by atoms with E-state index in [0.29, 0.717) is 0 Å². The van der Waals surface area contributed by atoms with Crippen molar-refractivity contribution >= 4 is 26.4 Å². The normalized spacial score (nSPS) is 15.4. The number of hydrogen-bond acceptors (Lipinski definition) is 12. The highest BCUT2D eigenvalue weighted by atomic mass is 28.4. The van der Waals surface area contributed by atoms with Crippen LogP contribution in [-0.4, -0.2) is 104 Å². The second-order valence-electron chi connectivity index (χ2n) is 8.38. The predicted octanol–water partition coefficient (Wildman–Crippen LogP) is 0.277. The lowest BCUT2D eigenvalue weighted by Crippen LogP contribution is -2.67. The average molecular weight is 616 g/mol. The van der Waals surface area contributed by atoms with E-state index in [9.17, 15) is 14.4 Å². The Morgan fingerprint density at radius 3 is 0.692 bits per heavy atom. The zero-order valence-electron chi connectivity index (χ0n) is 25.1. The molecule has 18 heteroatoms. The Hall–Kier alpha value is -1.30. The molecule has 228 valence electrons. The fourth-order valence-corrected chi connectivity index (χ4v) is 12.2. The van der Waals surface area contributed by atoms with Gasteiger partial charge in [-0.3, -0.25) is 0 Å². The van der Waals surface area contributed by atoms with E-state index in [1.807, 2.05) is 0 Å². The maximum atomic E-state index is 14.3.